The third-order valence-electron chi connectivity index (χ3n) is 4.16. The van der Waals surface area contributed by atoms with Crippen molar-refractivity contribution in [1.29, 1.82) is 0 Å². The van der Waals surface area contributed by atoms with Crippen LogP contribution in [-0.4, -0.2) is 22.0 Å². The van der Waals surface area contributed by atoms with Crippen molar-refractivity contribution in [2.75, 3.05) is 6.54 Å². The van der Waals surface area contributed by atoms with E-state index in [-0.39, 0.29) is 11.9 Å². The number of aromatic nitrogens is 2. The van der Waals surface area contributed by atoms with Crippen LogP contribution in [0.15, 0.2) is 0 Å². The quantitative estimate of drug-likeness (QED) is 0.824. The van der Waals surface area contributed by atoms with Gasteiger partial charge in [0.05, 0.1) is 5.69 Å². The highest BCUT2D eigenvalue weighted by molar-refractivity contribution is 5.80. The largest absolute Gasteiger partial charge is 0.354 e. The molecule has 1 aromatic heterocycles. The van der Waals surface area contributed by atoms with Crippen LogP contribution in [0.3, 0.4) is 0 Å². The molecule has 1 amide bonds. The molecule has 1 saturated heterocycles. The van der Waals surface area contributed by atoms with Crippen molar-refractivity contribution in [3.05, 3.63) is 17.2 Å². The van der Waals surface area contributed by atoms with Gasteiger partial charge in [-0.3, -0.25) is 4.79 Å². The zero-order chi connectivity index (χ0) is 12.5. The molecule has 0 radical (unpaired) electrons. The van der Waals surface area contributed by atoms with Crippen LogP contribution >= 0.6 is 0 Å². The summed E-state index contributed by atoms with van der Waals surface area (Å²) in [6, 6.07) is -0.0261. The lowest BCUT2D eigenvalue weighted by molar-refractivity contribution is -0.124. The molecule has 0 aromatic carbocycles. The second-order valence-corrected chi connectivity index (χ2v) is 5.43. The highest BCUT2D eigenvalue weighted by Crippen LogP contribution is 2.28. The lowest BCUT2D eigenvalue weighted by atomic mass is 10.00. The molecule has 1 aliphatic carbocycles. The van der Waals surface area contributed by atoms with Crippen molar-refractivity contribution in [1.82, 2.24) is 14.9 Å². The highest BCUT2D eigenvalue weighted by atomic mass is 16.2. The van der Waals surface area contributed by atoms with Gasteiger partial charge in [0.2, 0.25) is 5.91 Å². The summed E-state index contributed by atoms with van der Waals surface area (Å²) in [4.78, 5) is 16.9. The molecule has 3 rings (SSSR count). The van der Waals surface area contributed by atoms with E-state index in [2.05, 4.69) is 14.9 Å². The van der Waals surface area contributed by atoms with Gasteiger partial charge in [0, 0.05) is 12.2 Å². The molecule has 0 bridgehead atoms. The van der Waals surface area contributed by atoms with E-state index in [1.807, 2.05) is 6.92 Å². The van der Waals surface area contributed by atoms with E-state index >= 15 is 0 Å². The molecule has 98 valence electrons. The Balaban J connectivity index is 1.99. The molecule has 0 spiro atoms. The van der Waals surface area contributed by atoms with Gasteiger partial charge in [0.1, 0.15) is 11.9 Å². The topological polar surface area (TPSA) is 46.9 Å². The minimum absolute atomic E-state index is 0.0261. The molecule has 18 heavy (non-hydrogen) atoms. The number of imidazole rings is 1. The number of amides is 1. The first-order valence-electron chi connectivity index (χ1n) is 7.11. The van der Waals surface area contributed by atoms with E-state index in [1.54, 1.807) is 0 Å². The average molecular weight is 247 g/mol. The van der Waals surface area contributed by atoms with Gasteiger partial charge in [-0.2, -0.15) is 0 Å². The third-order valence-corrected chi connectivity index (χ3v) is 4.16. The van der Waals surface area contributed by atoms with Gasteiger partial charge in [-0.25, -0.2) is 4.98 Å². The monoisotopic (exact) mass is 247 g/mol. The van der Waals surface area contributed by atoms with Crippen LogP contribution in [0.5, 0.6) is 0 Å². The van der Waals surface area contributed by atoms with Crippen molar-refractivity contribution < 1.29 is 4.79 Å². The molecule has 1 N–H and O–H groups in total. The molecule has 0 saturated carbocycles. The zero-order valence-corrected chi connectivity index (χ0v) is 11.0. The van der Waals surface area contributed by atoms with E-state index in [9.17, 15) is 4.79 Å². The lowest BCUT2D eigenvalue weighted by Gasteiger charge is -2.21. The van der Waals surface area contributed by atoms with Gasteiger partial charge >= 0.3 is 0 Å². The van der Waals surface area contributed by atoms with Crippen molar-refractivity contribution >= 4 is 5.91 Å². The summed E-state index contributed by atoms with van der Waals surface area (Å²) in [6.45, 7) is 2.86. The third kappa shape index (κ3) is 1.93. The number of fused-ring (bicyclic) bond motifs is 1. The summed E-state index contributed by atoms with van der Waals surface area (Å²) in [7, 11) is 0. The Hall–Kier alpha value is -1.32. The highest BCUT2D eigenvalue weighted by Gasteiger charge is 2.28. The van der Waals surface area contributed by atoms with Crippen molar-refractivity contribution in [2.24, 2.45) is 0 Å². The normalized spacial score (nSPS) is 24.3. The van der Waals surface area contributed by atoms with E-state index < -0.39 is 0 Å². The van der Waals surface area contributed by atoms with E-state index in [0.29, 0.717) is 0 Å². The maximum absolute atomic E-state index is 12.2. The molecule has 1 aromatic rings. The number of nitrogens with one attached hydrogen (secondary N) is 1. The average Bonchev–Trinajstić information content (AvgIpc) is 2.55. The van der Waals surface area contributed by atoms with Crippen molar-refractivity contribution in [2.45, 2.75) is 57.9 Å². The van der Waals surface area contributed by atoms with Gasteiger partial charge in [0.25, 0.3) is 0 Å². The first kappa shape index (κ1) is 11.8. The Morgan fingerprint density at radius 1 is 1.22 bits per heavy atom. The smallest absolute Gasteiger partial charge is 0.243 e. The molecule has 1 aliphatic heterocycles. The van der Waals surface area contributed by atoms with E-state index in [4.69, 9.17) is 0 Å². The minimum atomic E-state index is -0.0261. The molecule has 4 nitrogen and oxygen atoms in total. The molecule has 4 heteroatoms. The number of aryl methyl sites for hydroxylation is 2. The number of carbonyl (C=O) groups excluding carboxylic acids is 1. The fraction of sp³-hybridized carbons (Fsp3) is 0.714. The summed E-state index contributed by atoms with van der Waals surface area (Å²) in [5.41, 5.74) is 2.55. The zero-order valence-electron chi connectivity index (χ0n) is 11.0. The lowest BCUT2D eigenvalue weighted by Crippen LogP contribution is -2.32. The van der Waals surface area contributed by atoms with Gasteiger partial charge in [0.15, 0.2) is 0 Å². The summed E-state index contributed by atoms with van der Waals surface area (Å²) in [5, 5.41) is 3.03. The Kier molecular flexibility index (Phi) is 3.10. The molecule has 1 unspecified atom stereocenters. The van der Waals surface area contributed by atoms with Crippen LogP contribution in [0.1, 0.15) is 55.4 Å². The van der Waals surface area contributed by atoms with Gasteiger partial charge in [-0.05, 0) is 51.9 Å². The molecule has 2 heterocycles. The van der Waals surface area contributed by atoms with Crippen molar-refractivity contribution in [3.63, 3.8) is 0 Å². The maximum Gasteiger partial charge on any atom is 0.243 e. The maximum atomic E-state index is 12.2. The summed E-state index contributed by atoms with van der Waals surface area (Å²) in [6.07, 6.45) is 7.80. The summed E-state index contributed by atoms with van der Waals surface area (Å²) >= 11 is 0. The number of carbonyl (C=O) groups is 1. The van der Waals surface area contributed by atoms with Crippen molar-refractivity contribution in [3.8, 4) is 0 Å². The fourth-order valence-electron chi connectivity index (χ4n) is 3.28. The first-order valence-corrected chi connectivity index (χ1v) is 7.11. The molecule has 1 fully saturated rings. The Morgan fingerprint density at radius 2 is 2.06 bits per heavy atom. The predicted molar refractivity (Wildman–Crippen MR) is 69.5 cm³/mol. The number of hydrogen-bond donors (Lipinski definition) is 1. The predicted octanol–water partition coefficient (Wildman–Crippen LogP) is 1.91. The van der Waals surface area contributed by atoms with E-state index in [0.717, 1.165) is 44.5 Å². The van der Waals surface area contributed by atoms with Crippen LogP contribution in [-0.2, 0) is 17.6 Å². The van der Waals surface area contributed by atoms with Crippen LogP contribution in [0, 0.1) is 6.92 Å². The number of rotatable bonds is 1. The molecule has 1 atom stereocenters. The Bertz CT molecular complexity index is 464. The van der Waals surface area contributed by atoms with Crippen LogP contribution in [0.4, 0.5) is 0 Å². The van der Waals surface area contributed by atoms with E-state index in [1.165, 1.54) is 24.2 Å². The molecule has 2 aliphatic rings. The van der Waals surface area contributed by atoms with Gasteiger partial charge < -0.3 is 9.88 Å². The first-order chi connectivity index (χ1) is 8.77. The van der Waals surface area contributed by atoms with Gasteiger partial charge in [-0.1, -0.05) is 0 Å². The Labute approximate surface area is 108 Å². The molecular formula is C14H21N3O. The number of nitrogens with zero attached hydrogens (tertiary/aromatic N) is 2. The SMILES string of the molecule is Cc1nc2c(n1C1CCCCNC1=O)CCCC2. The Morgan fingerprint density at radius 3 is 2.94 bits per heavy atom. The van der Waals surface area contributed by atoms with Crippen LogP contribution in [0.25, 0.3) is 0 Å². The standard InChI is InChI=1S/C14H21N3O/c1-10-16-11-6-2-3-7-12(11)17(10)13-8-4-5-9-15-14(13)18/h13H,2-9H2,1H3,(H,15,18). The summed E-state index contributed by atoms with van der Waals surface area (Å²) < 4.78 is 2.22. The number of hydrogen-bond acceptors (Lipinski definition) is 2. The van der Waals surface area contributed by atoms with Gasteiger partial charge in [-0.15, -0.1) is 0 Å². The second-order valence-electron chi connectivity index (χ2n) is 5.43. The summed E-state index contributed by atoms with van der Waals surface area (Å²) in [5.74, 6) is 1.20. The van der Waals surface area contributed by atoms with Crippen LogP contribution in [0.2, 0.25) is 0 Å². The minimum Gasteiger partial charge on any atom is -0.354 e. The van der Waals surface area contributed by atoms with Crippen LogP contribution < -0.4 is 5.32 Å². The molecular weight excluding hydrogens is 226 g/mol. The second kappa shape index (κ2) is 4.75. The fourth-order valence-corrected chi connectivity index (χ4v) is 3.28.